The molecule has 0 amide bonds. The zero-order valence-electron chi connectivity index (χ0n) is 6.84. The average molecular weight is 187 g/mol. The fourth-order valence-electron chi connectivity index (χ4n) is 1.04. The number of aromatic hydroxyl groups is 1. The van der Waals surface area contributed by atoms with Crippen molar-refractivity contribution >= 4 is 11.6 Å². The molecule has 0 aliphatic heterocycles. The summed E-state index contributed by atoms with van der Waals surface area (Å²) < 4.78 is 0. The second-order valence-electron chi connectivity index (χ2n) is 2.60. The smallest absolute Gasteiger partial charge is 0.139 e. The van der Waals surface area contributed by atoms with Crippen LogP contribution in [0.4, 0.5) is 0 Å². The zero-order valence-corrected chi connectivity index (χ0v) is 7.60. The fraction of sp³-hybridized carbons (Fsp3) is 0.333. The molecule has 0 radical (unpaired) electrons. The van der Waals surface area contributed by atoms with Gasteiger partial charge in [0.2, 0.25) is 0 Å². The maximum Gasteiger partial charge on any atom is 0.139 e. The minimum absolute atomic E-state index is 0.0173. The van der Waals surface area contributed by atoms with Gasteiger partial charge < -0.3 is 10.2 Å². The number of halogens is 1. The normalized spacial score (nSPS) is 10.2. The molecule has 0 unspecified atom stereocenters. The van der Waals surface area contributed by atoms with Crippen molar-refractivity contribution in [3.63, 3.8) is 0 Å². The van der Waals surface area contributed by atoms with Gasteiger partial charge in [0, 0.05) is 5.56 Å². The number of hydrogen-bond donors (Lipinski definition) is 2. The van der Waals surface area contributed by atoms with Crippen molar-refractivity contribution in [3.8, 4) is 5.75 Å². The topological polar surface area (TPSA) is 40.5 Å². The van der Waals surface area contributed by atoms with E-state index in [0.717, 1.165) is 12.0 Å². The van der Waals surface area contributed by atoms with E-state index in [1.807, 2.05) is 6.92 Å². The standard InChI is InChI=1S/C9H11ClO2/c1-2-6-3-7(5-11)9(12)8(10)4-6/h3-4,11-12H,2,5H2,1H3. The lowest BCUT2D eigenvalue weighted by Gasteiger charge is -2.05. The molecule has 2 N–H and O–H groups in total. The first-order valence-electron chi connectivity index (χ1n) is 3.80. The summed E-state index contributed by atoms with van der Waals surface area (Å²) in [5.41, 5.74) is 1.50. The molecule has 0 bridgehead atoms. The summed E-state index contributed by atoms with van der Waals surface area (Å²) in [6.07, 6.45) is 0.840. The lowest BCUT2D eigenvalue weighted by Crippen LogP contribution is -1.89. The molecular formula is C9H11ClO2. The molecule has 0 spiro atoms. The van der Waals surface area contributed by atoms with Gasteiger partial charge in [0.05, 0.1) is 11.6 Å². The van der Waals surface area contributed by atoms with E-state index in [2.05, 4.69) is 0 Å². The Hall–Kier alpha value is -0.730. The molecule has 0 saturated carbocycles. The van der Waals surface area contributed by atoms with Crippen LogP contribution in [0.2, 0.25) is 5.02 Å². The van der Waals surface area contributed by atoms with Crippen LogP contribution in [-0.2, 0) is 13.0 Å². The predicted octanol–water partition coefficient (Wildman–Crippen LogP) is 2.10. The minimum Gasteiger partial charge on any atom is -0.506 e. The Labute approximate surface area is 76.4 Å². The maximum atomic E-state index is 9.33. The quantitative estimate of drug-likeness (QED) is 0.743. The van der Waals surface area contributed by atoms with E-state index >= 15 is 0 Å². The van der Waals surface area contributed by atoms with Gasteiger partial charge in [-0.05, 0) is 24.1 Å². The summed E-state index contributed by atoms with van der Waals surface area (Å²) in [7, 11) is 0. The first-order chi connectivity index (χ1) is 5.69. The molecule has 1 rings (SSSR count). The van der Waals surface area contributed by atoms with E-state index in [1.54, 1.807) is 12.1 Å². The van der Waals surface area contributed by atoms with Gasteiger partial charge in [0.1, 0.15) is 5.75 Å². The van der Waals surface area contributed by atoms with Gasteiger partial charge in [-0.25, -0.2) is 0 Å². The van der Waals surface area contributed by atoms with Gasteiger partial charge in [-0.1, -0.05) is 18.5 Å². The van der Waals surface area contributed by atoms with Crippen molar-refractivity contribution in [1.29, 1.82) is 0 Å². The van der Waals surface area contributed by atoms with E-state index in [4.69, 9.17) is 16.7 Å². The van der Waals surface area contributed by atoms with E-state index < -0.39 is 0 Å². The second kappa shape index (κ2) is 3.78. The third-order valence-corrected chi connectivity index (χ3v) is 2.07. The largest absolute Gasteiger partial charge is 0.506 e. The van der Waals surface area contributed by atoms with Crippen molar-refractivity contribution < 1.29 is 10.2 Å². The van der Waals surface area contributed by atoms with Crippen molar-refractivity contribution in [3.05, 3.63) is 28.3 Å². The Morgan fingerprint density at radius 3 is 2.58 bits per heavy atom. The molecule has 0 atom stereocenters. The fourth-order valence-corrected chi connectivity index (χ4v) is 1.30. The number of benzene rings is 1. The molecule has 66 valence electrons. The summed E-state index contributed by atoms with van der Waals surface area (Å²) in [5, 5.41) is 18.5. The lowest BCUT2D eigenvalue weighted by molar-refractivity contribution is 0.275. The van der Waals surface area contributed by atoms with Gasteiger partial charge in [0.25, 0.3) is 0 Å². The highest BCUT2D eigenvalue weighted by Gasteiger charge is 2.06. The zero-order chi connectivity index (χ0) is 9.14. The van der Waals surface area contributed by atoms with Crippen LogP contribution >= 0.6 is 11.6 Å². The first kappa shape index (κ1) is 9.36. The van der Waals surface area contributed by atoms with Gasteiger partial charge in [0.15, 0.2) is 0 Å². The van der Waals surface area contributed by atoms with E-state index in [-0.39, 0.29) is 12.4 Å². The van der Waals surface area contributed by atoms with Crippen molar-refractivity contribution in [2.75, 3.05) is 0 Å². The van der Waals surface area contributed by atoms with Crippen LogP contribution in [0.25, 0.3) is 0 Å². The van der Waals surface area contributed by atoms with E-state index in [1.165, 1.54) is 0 Å². The third kappa shape index (κ3) is 1.71. The highest BCUT2D eigenvalue weighted by molar-refractivity contribution is 6.32. The van der Waals surface area contributed by atoms with Crippen LogP contribution < -0.4 is 0 Å². The Kier molecular flexibility index (Phi) is 2.95. The molecule has 0 fully saturated rings. The number of hydrogen-bond acceptors (Lipinski definition) is 2. The number of aryl methyl sites for hydroxylation is 1. The Morgan fingerprint density at radius 1 is 1.42 bits per heavy atom. The summed E-state index contributed by atoms with van der Waals surface area (Å²) in [6.45, 7) is 1.81. The second-order valence-corrected chi connectivity index (χ2v) is 3.00. The van der Waals surface area contributed by atoms with Crippen molar-refractivity contribution in [1.82, 2.24) is 0 Å². The van der Waals surface area contributed by atoms with Gasteiger partial charge in [-0.15, -0.1) is 0 Å². The monoisotopic (exact) mass is 186 g/mol. The van der Waals surface area contributed by atoms with Gasteiger partial charge >= 0.3 is 0 Å². The van der Waals surface area contributed by atoms with E-state index in [9.17, 15) is 5.11 Å². The molecule has 2 nitrogen and oxygen atoms in total. The van der Waals surface area contributed by atoms with Crippen LogP contribution in [0.3, 0.4) is 0 Å². The lowest BCUT2D eigenvalue weighted by atomic mass is 10.1. The van der Waals surface area contributed by atoms with Crippen LogP contribution in [-0.4, -0.2) is 10.2 Å². The summed E-state index contributed by atoms with van der Waals surface area (Å²) >= 11 is 5.72. The molecule has 0 aliphatic carbocycles. The molecule has 0 saturated heterocycles. The van der Waals surface area contributed by atoms with E-state index in [0.29, 0.717) is 10.6 Å². The Morgan fingerprint density at radius 2 is 2.08 bits per heavy atom. The molecule has 0 aliphatic rings. The van der Waals surface area contributed by atoms with Crippen LogP contribution in [0, 0.1) is 0 Å². The Balaban J connectivity index is 3.19. The van der Waals surface area contributed by atoms with Crippen LogP contribution in [0.5, 0.6) is 5.75 Å². The molecule has 3 heteroatoms. The van der Waals surface area contributed by atoms with Crippen LogP contribution in [0.15, 0.2) is 12.1 Å². The molecule has 0 aromatic heterocycles. The number of aliphatic hydroxyl groups is 1. The highest BCUT2D eigenvalue weighted by Crippen LogP contribution is 2.29. The SMILES string of the molecule is CCc1cc(Cl)c(O)c(CO)c1. The third-order valence-electron chi connectivity index (χ3n) is 1.78. The minimum atomic E-state index is -0.181. The highest BCUT2D eigenvalue weighted by atomic mass is 35.5. The summed E-state index contributed by atoms with van der Waals surface area (Å²) in [4.78, 5) is 0. The molecular weight excluding hydrogens is 176 g/mol. The van der Waals surface area contributed by atoms with Crippen LogP contribution in [0.1, 0.15) is 18.1 Å². The maximum absolute atomic E-state index is 9.33. The average Bonchev–Trinajstić information content (AvgIpc) is 2.09. The molecule has 12 heavy (non-hydrogen) atoms. The van der Waals surface area contributed by atoms with Crippen molar-refractivity contribution in [2.45, 2.75) is 20.0 Å². The summed E-state index contributed by atoms with van der Waals surface area (Å²) in [6, 6.07) is 3.46. The van der Waals surface area contributed by atoms with Crippen molar-refractivity contribution in [2.24, 2.45) is 0 Å². The Bertz CT molecular complexity index is 284. The predicted molar refractivity (Wildman–Crippen MR) is 48.4 cm³/mol. The molecule has 0 heterocycles. The molecule has 1 aromatic carbocycles. The number of aliphatic hydroxyl groups excluding tert-OH is 1. The summed E-state index contributed by atoms with van der Waals surface area (Å²) in [5.74, 6) is -0.0173. The number of rotatable bonds is 2. The van der Waals surface area contributed by atoms with Gasteiger partial charge in [-0.2, -0.15) is 0 Å². The molecule has 1 aromatic rings. The first-order valence-corrected chi connectivity index (χ1v) is 4.18. The number of phenols is 1. The van der Waals surface area contributed by atoms with Gasteiger partial charge in [-0.3, -0.25) is 0 Å².